The second-order valence-corrected chi connectivity index (χ2v) is 4.20. The third-order valence-corrected chi connectivity index (χ3v) is 2.72. The number of carbonyl (C=O) groups excluding carboxylic acids is 1. The molecule has 114 valence electrons. The smallest absolute Gasteiger partial charge is 0.258 e. The van der Waals surface area contributed by atoms with Crippen LogP contribution in [-0.4, -0.2) is 28.8 Å². The molecule has 6 nitrogen and oxygen atoms in total. The fourth-order valence-corrected chi connectivity index (χ4v) is 1.67. The molecule has 0 saturated heterocycles. The van der Waals surface area contributed by atoms with Gasteiger partial charge >= 0.3 is 0 Å². The van der Waals surface area contributed by atoms with Gasteiger partial charge in [-0.25, -0.2) is 0 Å². The van der Waals surface area contributed by atoms with E-state index in [1.165, 1.54) is 0 Å². The van der Waals surface area contributed by atoms with E-state index < -0.39 is 0 Å². The largest absolute Gasteiger partial charge is 0.492 e. The lowest BCUT2D eigenvalue weighted by Gasteiger charge is -2.06. The van der Waals surface area contributed by atoms with Gasteiger partial charge in [0.1, 0.15) is 12.4 Å². The van der Waals surface area contributed by atoms with Crippen molar-refractivity contribution in [3.05, 3.63) is 42.2 Å². The number of amides is 1. The summed E-state index contributed by atoms with van der Waals surface area (Å²) in [6.07, 6.45) is 3.27. The molecular formula is C14H19ClN4O2. The highest BCUT2D eigenvalue weighted by Gasteiger charge is 2.08. The second-order valence-electron chi connectivity index (χ2n) is 4.20. The molecule has 2 rings (SSSR count). The summed E-state index contributed by atoms with van der Waals surface area (Å²) in [5.74, 6) is 0.549. The van der Waals surface area contributed by atoms with Crippen molar-refractivity contribution < 1.29 is 9.53 Å². The number of nitrogens with zero attached hydrogens (tertiary/aromatic N) is 2. The first-order chi connectivity index (χ1) is 9.72. The van der Waals surface area contributed by atoms with Gasteiger partial charge in [-0.3, -0.25) is 9.48 Å². The van der Waals surface area contributed by atoms with Crippen molar-refractivity contribution in [2.45, 2.75) is 13.5 Å². The Morgan fingerprint density at radius 2 is 2.10 bits per heavy atom. The highest BCUT2D eigenvalue weighted by molar-refractivity contribution is 6.03. The molecule has 2 aromatic rings. The minimum Gasteiger partial charge on any atom is -0.492 e. The molecule has 0 atom stereocenters. The van der Waals surface area contributed by atoms with Crippen LogP contribution in [-0.2, 0) is 6.54 Å². The van der Waals surface area contributed by atoms with E-state index in [0.717, 1.165) is 12.3 Å². The van der Waals surface area contributed by atoms with Gasteiger partial charge in [0.2, 0.25) is 0 Å². The lowest BCUT2D eigenvalue weighted by atomic mass is 10.2. The van der Waals surface area contributed by atoms with Crippen LogP contribution in [0.3, 0.4) is 0 Å². The summed E-state index contributed by atoms with van der Waals surface area (Å²) in [7, 11) is 0. The van der Waals surface area contributed by atoms with E-state index in [0.29, 0.717) is 24.4 Å². The fourth-order valence-electron chi connectivity index (χ4n) is 1.67. The SMILES string of the molecule is CCn1cc(C(=O)Nc2ccc(OCCN)cc2)cn1.Cl. The molecule has 0 fully saturated rings. The normalized spacial score (nSPS) is 9.81. The summed E-state index contributed by atoms with van der Waals surface area (Å²) in [5, 5.41) is 6.88. The van der Waals surface area contributed by atoms with Crippen molar-refractivity contribution in [3.8, 4) is 5.75 Å². The molecule has 1 aromatic carbocycles. The van der Waals surface area contributed by atoms with Crippen molar-refractivity contribution in [1.29, 1.82) is 0 Å². The van der Waals surface area contributed by atoms with Crippen LogP contribution in [0.4, 0.5) is 5.69 Å². The van der Waals surface area contributed by atoms with Crippen LogP contribution >= 0.6 is 12.4 Å². The van der Waals surface area contributed by atoms with Crippen molar-refractivity contribution in [2.75, 3.05) is 18.5 Å². The molecule has 1 heterocycles. The van der Waals surface area contributed by atoms with Gasteiger partial charge in [-0.2, -0.15) is 5.10 Å². The molecule has 0 bridgehead atoms. The predicted molar refractivity (Wildman–Crippen MR) is 84.1 cm³/mol. The summed E-state index contributed by atoms with van der Waals surface area (Å²) in [4.78, 5) is 12.0. The van der Waals surface area contributed by atoms with Gasteiger partial charge in [-0.1, -0.05) is 0 Å². The summed E-state index contributed by atoms with van der Waals surface area (Å²) in [5.41, 5.74) is 6.61. The third-order valence-electron chi connectivity index (χ3n) is 2.72. The van der Waals surface area contributed by atoms with Crippen LogP contribution in [0.25, 0.3) is 0 Å². The second kappa shape index (κ2) is 8.28. The number of nitrogens with one attached hydrogen (secondary N) is 1. The van der Waals surface area contributed by atoms with Crippen LogP contribution in [0.15, 0.2) is 36.7 Å². The molecular weight excluding hydrogens is 292 g/mol. The summed E-state index contributed by atoms with van der Waals surface area (Å²) >= 11 is 0. The Bertz CT molecular complexity index is 569. The minimum atomic E-state index is -0.180. The zero-order valence-corrected chi connectivity index (χ0v) is 12.6. The standard InChI is InChI=1S/C14H18N4O2.ClH/c1-2-18-10-11(9-16-18)14(19)17-12-3-5-13(6-4-12)20-8-7-15;/h3-6,9-10H,2,7-8,15H2,1H3,(H,17,19);1H. The van der Waals surface area contributed by atoms with E-state index in [2.05, 4.69) is 10.4 Å². The number of halogens is 1. The number of hydrogen-bond acceptors (Lipinski definition) is 4. The number of aromatic nitrogens is 2. The third kappa shape index (κ3) is 4.77. The van der Waals surface area contributed by atoms with Gasteiger partial charge in [0.25, 0.3) is 5.91 Å². The summed E-state index contributed by atoms with van der Waals surface area (Å²) in [6.45, 7) is 3.65. The van der Waals surface area contributed by atoms with E-state index in [4.69, 9.17) is 10.5 Å². The van der Waals surface area contributed by atoms with Crippen LogP contribution in [0, 0.1) is 0 Å². The van der Waals surface area contributed by atoms with Gasteiger partial charge in [0, 0.05) is 25.0 Å². The first-order valence-corrected chi connectivity index (χ1v) is 6.49. The number of carbonyl (C=O) groups is 1. The van der Waals surface area contributed by atoms with Crippen LogP contribution in [0.2, 0.25) is 0 Å². The Kier molecular flexibility index (Phi) is 6.71. The fraction of sp³-hybridized carbons (Fsp3) is 0.286. The topological polar surface area (TPSA) is 82.2 Å². The van der Waals surface area contributed by atoms with Crippen molar-refractivity contribution in [3.63, 3.8) is 0 Å². The van der Waals surface area contributed by atoms with Gasteiger partial charge < -0.3 is 15.8 Å². The lowest BCUT2D eigenvalue weighted by molar-refractivity contribution is 0.102. The van der Waals surface area contributed by atoms with Gasteiger partial charge in [0.05, 0.1) is 11.8 Å². The molecule has 0 aliphatic carbocycles. The number of anilines is 1. The number of ether oxygens (including phenoxy) is 1. The molecule has 3 N–H and O–H groups in total. The number of aryl methyl sites for hydroxylation is 1. The molecule has 21 heavy (non-hydrogen) atoms. The van der Waals surface area contributed by atoms with E-state index in [-0.39, 0.29) is 18.3 Å². The zero-order chi connectivity index (χ0) is 14.4. The van der Waals surface area contributed by atoms with Crippen LogP contribution in [0.5, 0.6) is 5.75 Å². The average Bonchev–Trinajstić information content (AvgIpc) is 2.95. The van der Waals surface area contributed by atoms with E-state index >= 15 is 0 Å². The number of benzene rings is 1. The average molecular weight is 311 g/mol. The Morgan fingerprint density at radius 3 is 2.67 bits per heavy atom. The maximum absolute atomic E-state index is 12.0. The maximum Gasteiger partial charge on any atom is 0.258 e. The predicted octanol–water partition coefficient (Wildman–Crippen LogP) is 1.91. The Hall–Kier alpha value is -2.05. The lowest BCUT2D eigenvalue weighted by Crippen LogP contribution is -2.12. The molecule has 0 saturated carbocycles. The van der Waals surface area contributed by atoms with Crippen LogP contribution < -0.4 is 15.8 Å². The maximum atomic E-state index is 12.0. The number of nitrogens with two attached hydrogens (primary N) is 1. The molecule has 7 heteroatoms. The van der Waals surface area contributed by atoms with Crippen molar-refractivity contribution in [2.24, 2.45) is 5.73 Å². The van der Waals surface area contributed by atoms with Gasteiger partial charge in [0.15, 0.2) is 0 Å². The zero-order valence-electron chi connectivity index (χ0n) is 11.8. The summed E-state index contributed by atoms with van der Waals surface area (Å²) < 4.78 is 7.07. The highest BCUT2D eigenvalue weighted by Crippen LogP contribution is 2.16. The Morgan fingerprint density at radius 1 is 1.38 bits per heavy atom. The molecule has 1 aromatic heterocycles. The quantitative estimate of drug-likeness (QED) is 0.854. The van der Waals surface area contributed by atoms with Crippen molar-refractivity contribution in [1.82, 2.24) is 9.78 Å². The monoisotopic (exact) mass is 310 g/mol. The number of hydrogen-bond donors (Lipinski definition) is 2. The van der Waals surface area contributed by atoms with E-state index in [1.807, 2.05) is 6.92 Å². The molecule has 0 radical (unpaired) electrons. The first-order valence-electron chi connectivity index (χ1n) is 6.49. The van der Waals surface area contributed by atoms with E-state index in [1.54, 1.807) is 41.3 Å². The van der Waals surface area contributed by atoms with E-state index in [9.17, 15) is 4.79 Å². The number of rotatable bonds is 6. The molecule has 0 aliphatic heterocycles. The first kappa shape index (κ1) is 17.0. The minimum absolute atomic E-state index is 0. The summed E-state index contributed by atoms with van der Waals surface area (Å²) in [6, 6.07) is 7.16. The Balaban J connectivity index is 0.00000220. The molecule has 1 amide bonds. The van der Waals surface area contributed by atoms with Crippen LogP contribution in [0.1, 0.15) is 17.3 Å². The molecule has 0 unspecified atom stereocenters. The Labute approximate surface area is 129 Å². The molecule has 0 spiro atoms. The van der Waals surface area contributed by atoms with Crippen molar-refractivity contribution >= 4 is 24.0 Å². The highest BCUT2D eigenvalue weighted by atomic mass is 35.5. The van der Waals surface area contributed by atoms with Gasteiger partial charge in [-0.05, 0) is 31.2 Å². The molecule has 0 aliphatic rings. The van der Waals surface area contributed by atoms with Gasteiger partial charge in [-0.15, -0.1) is 12.4 Å².